The fourth-order valence-corrected chi connectivity index (χ4v) is 4.02. The summed E-state index contributed by atoms with van der Waals surface area (Å²) in [6.45, 7) is 1.60. The molecule has 31 heavy (non-hydrogen) atoms. The quantitative estimate of drug-likeness (QED) is 0.439. The van der Waals surface area contributed by atoms with Crippen molar-refractivity contribution in [3.05, 3.63) is 73.2 Å². The predicted octanol–water partition coefficient (Wildman–Crippen LogP) is 4.95. The fraction of sp³-hybridized carbons (Fsp3) is 0.130. The third-order valence-corrected chi connectivity index (χ3v) is 6.53. The van der Waals surface area contributed by atoms with Crippen LogP contribution in [0.1, 0.15) is 6.92 Å². The second kappa shape index (κ2) is 8.61. The molecule has 0 saturated heterocycles. The topological polar surface area (TPSA) is 94.3 Å². The molecule has 0 spiro atoms. The Hall–Kier alpha value is -3.65. The summed E-state index contributed by atoms with van der Waals surface area (Å²) in [5, 5.41) is 3.02. The van der Waals surface area contributed by atoms with Crippen molar-refractivity contribution >= 4 is 21.5 Å². The second-order valence-corrected chi connectivity index (χ2v) is 9.02. The zero-order valence-electron chi connectivity index (χ0n) is 17.1. The molecule has 0 atom stereocenters. The van der Waals surface area contributed by atoms with E-state index in [-0.39, 0.29) is 16.7 Å². The zero-order chi connectivity index (χ0) is 21.8. The number of anilines is 2. The van der Waals surface area contributed by atoms with E-state index < -0.39 is 9.84 Å². The van der Waals surface area contributed by atoms with Gasteiger partial charge in [-0.1, -0.05) is 31.2 Å². The van der Waals surface area contributed by atoms with Crippen molar-refractivity contribution in [2.24, 2.45) is 0 Å². The number of rotatable bonds is 7. The number of hydrogen-bond donors (Lipinski definition) is 1. The second-order valence-electron chi connectivity index (χ2n) is 6.74. The average Bonchev–Trinajstić information content (AvgIpc) is 3.28. The van der Waals surface area contributed by atoms with Crippen LogP contribution in [-0.2, 0) is 9.84 Å². The minimum absolute atomic E-state index is 0.00912. The monoisotopic (exact) mass is 435 g/mol. The number of aromatic nitrogens is 2. The van der Waals surface area contributed by atoms with Crippen molar-refractivity contribution < 1.29 is 17.6 Å². The molecule has 0 aliphatic rings. The molecule has 0 bridgehead atoms. The molecule has 2 heterocycles. The van der Waals surface area contributed by atoms with Gasteiger partial charge in [0.25, 0.3) is 6.01 Å². The summed E-state index contributed by atoms with van der Waals surface area (Å²) in [6.07, 6.45) is 5.15. The molecule has 8 heteroatoms. The van der Waals surface area contributed by atoms with Crippen LogP contribution in [0, 0.1) is 0 Å². The van der Waals surface area contributed by atoms with Crippen LogP contribution in [0.4, 0.5) is 11.7 Å². The van der Waals surface area contributed by atoms with Crippen LogP contribution in [0.5, 0.6) is 5.75 Å². The van der Waals surface area contributed by atoms with Crippen molar-refractivity contribution in [1.82, 2.24) is 9.97 Å². The molecule has 4 rings (SSSR count). The number of ether oxygens (including phenoxy) is 1. The fourth-order valence-electron chi connectivity index (χ4n) is 3.11. The van der Waals surface area contributed by atoms with Crippen LogP contribution < -0.4 is 10.1 Å². The predicted molar refractivity (Wildman–Crippen MR) is 119 cm³/mol. The Kier molecular flexibility index (Phi) is 5.73. The summed E-state index contributed by atoms with van der Waals surface area (Å²) in [4.78, 5) is 8.65. The van der Waals surface area contributed by atoms with Crippen molar-refractivity contribution in [3.8, 4) is 28.2 Å². The van der Waals surface area contributed by atoms with Gasteiger partial charge in [-0.2, -0.15) is 0 Å². The van der Waals surface area contributed by atoms with E-state index in [1.165, 1.54) is 19.2 Å². The highest BCUT2D eigenvalue weighted by Gasteiger charge is 2.16. The first-order valence-electron chi connectivity index (χ1n) is 9.64. The Labute approximate surface area is 180 Å². The van der Waals surface area contributed by atoms with Crippen LogP contribution >= 0.6 is 0 Å². The van der Waals surface area contributed by atoms with E-state index in [1.807, 2.05) is 36.4 Å². The molecule has 0 aliphatic carbocycles. The largest absolute Gasteiger partial charge is 0.495 e. The molecule has 2 aromatic heterocycles. The molecule has 7 nitrogen and oxygen atoms in total. The SMILES string of the molecule is CCS(=O)(=O)c1ccc(OC)c(Nc2ncc(-c3cccc(-c4cccnc4)c3)o2)c1. The number of nitrogens with zero attached hydrogens (tertiary/aromatic N) is 2. The molecule has 0 radical (unpaired) electrons. The van der Waals surface area contributed by atoms with Gasteiger partial charge >= 0.3 is 0 Å². The number of benzene rings is 2. The van der Waals surface area contributed by atoms with Gasteiger partial charge in [0, 0.05) is 23.5 Å². The lowest BCUT2D eigenvalue weighted by atomic mass is 10.0. The van der Waals surface area contributed by atoms with Gasteiger partial charge in [-0.15, -0.1) is 0 Å². The highest BCUT2D eigenvalue weighted by atomic mass is 32.2. The van der Waals surface area contributed by atoms with Gasteiger partial charge in [0.05, 0.1) is 29.6 Å². The molecule has 0 amide bonds. The Morgan fingerprint density at radius 1 is 1.00 bits per heavy atom. The molecule has 4 aromatic rings. The molecule has 2 aromatic carbocycles. The molecule has 158 valence electrons. The van der Waals surface area contributed by atoms with Crippen molar-refractivity contribution in [3.63, 3.8) is 0 Å². The summed E-state index contributed by atoms with van der Waals surface area (Å²) in [7, 11) is -1.85. The van der Waals surface area contributed by atoms with E-state index >= 15 is 0 Å². The number of sulfone groups is 1. The lowest BCUT2D eigenvalue weighted by molar-refractivity contribution is 0.416. The van der Waals surface area contributed by atoms with E-state index in [4.69, 9.17) is 9.15 Å². The Morgan fingerprint density at radius 2 is 1.81 bits per heavy atom. The summed E-state index contributed by atoms with van der Waals surface area (Å²) in [5.74, 6) is 1.06. The van der Waals surface area contributed by atoms with Crippen molar-refractivity contribution in [1.29, 1.82) is 0 Å². The van der Waals surface area contributed by atoms with Crippen molar-refractivity contribution in [2.75, 3.05) is 18.2 Å². The van der Waals surface area contributed by atoms with Gasteiger partial charge in [0.15, 0.2) is 15.6 Å². The highest BCUT2D eigenvalue weighted by molar-refractivity contribution is 7.91. The van der Waals surface area contributed by atoms with E-state index in [0.717, 1.165) is 16.7 Å². The maximum Gasteiger partial charge on any atom is 0.299 e. The minimum Gasteiger partial charge on any atom is -0.495 e. The number of pyridine rings is 1. The van der Waals surface area contributed by atoms with Crippen LogP contribution in [-0.4, -0.2) is 31.2 Å². The Balaban J connectivity index is 1.63. The normalized spacial score (nSPS) is 11.3. The molecule has 0 fully saturated rings. The van der Waals surface area contributed by atoms with Gasteiger partial charge in [0.2, 0.25) is 0 Å². The molecule has 1 N–H and O–H groups in total. The molecular formula is C23H21N3O4S. The van der Waals surface area contributed by atoms with E-state index in [2.05, 4.69) is 15.3 Å². The van der Waals surface area contributed by atoms with Gasteiger partial charge in [0.1, 0.15) is 5.75 Å². The Morgan fingerprint density at radius 3 is 2.55 bits per heavy atom. The van der Waals surface area contributed by atoms with Gasteiger partial charge in [-0.3, -0.25) is 4.98 Å². The van der Waals surface area contributed by atoms with Crippen LogP contribution in [0.15, 0.2) is 82.5 Å². The van der Waals surface area contributed by atoms with E-state index in [1.54, 1.807) is 31.6 Å². The van der Waals surface area contributed by atoms with Gasteiger partial charge in [-0.05, 0) is 35.9 Å². The summed E-state index contributed by atoms with van der Waals surface area (Å²) < 4.78 is 35.7. The van der Waals surface area contributed by atoms with Gasteiger partial charge in [-0.25, -0.2) is 13.4 Å². The standard InChI is InChI=1S/C23H21N3O4S/c1-3-31(27,28)19-9-10-21(29-2)20(13-19)26-23-25-15-22(30-23)17-7-4-6-16(12-17)18-8-5-11-24-14-18/h4-15H,3H2,1-2H3,(H,25,26). The first kappa shape index (κ1) is 20.6. The van der Waals surface area contributed by atoms with Crippen molar-refractivity contribution in [2.45, 2.75) is 11.8 Å². The minimum atomic E-state index is -3.36. The lowest BCUT2D eigenvalue weighted by Gasteiger charge is -2.11. The maximum atomic E-state index is 12.2. The smallest absolute Gasteiger partial charge is 0.299 e. The maximum absolute atomic E-state index is 12.2. The lowest BCUT2D eigenvalue weighted by Crippen LogP contribution is -2.05. The van der Waals surface area contributed by atoms with E-state index in [9.17, 15) is 8.42 Å². The molecule has 0 saturated carbocycles. The third kappa shape index (κ3) is 4.44. The first-order valence-corrected chi connectivity index (χ1v) is 11.3. The molecular weight excluding hydrogens is 414 g/mol. The molecule has 0 aliphatic heterocycles. The molecule has 0 unspecified atom stereocenters. The Bertz CT molecular complexity index is 1300. The van der Waals surface area contributed by atoms with E-state index in [0.29, 0.717) is 17.2 Å². The summed E-state index contributed by atoms with van der Waals surface area (Å²) >= 11 is 0. The highest BCUT2D eigenvalue weighted by Crippen LogP contribution is 2.32. The number of methoxy groups -OCH3 is 1. The number of oxazole rings is 1. The van der Waals surface area contributed by atoms with Gasteiger partial charge < -0.3 is 14.5 Å². The van der Waals surface area contributed by atoms with Crippen LogP contribution in [0.3, 0.4) is 0 Å². The first-order chi connectivity index (χ1) is 15.0. The zero-order valence-corrected chi connectivity index (χ0v) is 17.9. The van der Waals surface area contributed by atoms with Crippen LogP contribution in [0.25, 0.3) is 22.5 Å². The summed E-state index contributed by atoms with van der Waals surface area (Å²) in [5.41, 5.74) is 3.32. The summed E-state index contributed by atoms with van der Waals surface area (Å²) in [6, 6.07) is 16.6. The van der Waals surface area contributed by atoms with Crippen LogP contribution in [0.2, 0.25) is 0 Å². The third-order valence-electron chi connectivity index (χ3n) is 4.80. The number of nitrogens with one attached hydrogen (secondary N) is 1. The average molecular weight is 436 g/mol. The number of hydrogen-bond acceptors (Lipinski definition) is 7.